The maximum atomic E-state index is 12.1. The first-order chi connectivity index (χ1) is 9.47. The van der Waals surface area contributed by atoms with Crippen LogP contribution in [0.2, 0.25) is 0 Å². The Morgan fingerprint density at radius 2 is 1.85 bits per heavy atom. The van der Waals surface area contributed by atoms with E-state index in [4.69, 9.17) is 0 Å². The number of nitrogens with zero attached hydrogens (tertiary/aromatic N) is 1. The zero-order valence-electron chi connectivity index (χ0n) is 11.6. The number of ether oxygens (including phenoxy) is 1. The normalized spacial score (nSPS) is 12.5. The highest BCUT2D eigenvalue weighted by atomic mass is 19.3. The van der Waals surface area contributed by atoms with Crippen molar-refractivity contribution in [3.8, 4) is 5.75 Å². The summed E-state index contributed by atoms with van der Waals surface area (Å²) in [4.78, 5) is 0. The van der Waals surface area contributed by atoms with E-state index in [2.05, 4.69) is 20.3 Å². The van der Waals surface area contributed by atoms with Crippen LogP contribution in [0.1, 0.15) is 29.9 Å². The molecule has 0 aliphatic carbocycles. The Kier molecular flexibility index (Phi) is 4.22. The van der Waals surface area contributed by atoms with Crippen LogP contribution in [0.3, 0.4) is 0 Å². The molecule has 0 saturated heterocycles. The molecule has 1 aromatic heterocycles. The average Bonchev–Trinajstić information content (AvgIpc) is 2.70. The third-order valence-corrected chi connectivity index (χ3v) is 3.09. The highest BCUT2D eigenvalue weighted by molar-refractivity contribution is 5.53. The summed E-state index contributed by atoms with van der Waals surface area (Å²) < 4.78 is 28.5. The number of benzene rings is 1. The second-order valence-corrected chi connectivity index (χ2v) is 4.62. The molecule has 20 heavy (non-hydrogen) atoms. The van der Waals surface area contributed by atoms with Crippen LogP contribution in [0.5, 0.6) is 5.75 Å². The van der Waals surface area contributed by atoms with E-state index in [-0.39, 0.29) is 11.8 Å². The lowest BCUT2D eigenvalue weighted by molar-refractivity contribution is -0.0498. The lowest BCUT2D eigenvalue weighted by Crippen LogP contribution is -2.08. The number of hydrogen-bond donors (Lipinski definition) is 2. The van der Waals surface area contributed by atoms with E-state index in [1.165, 1.54) is 12.1 Å². The smallest absolute Gasteiger partial charge is 0.387 e. The minimum absolute atomic E-state index is 0.0330. The number of nitrogens with one attached hydrogen (secondary N) is 2. The van der Waals surface area contributed by atoms with E-state index in [0.717, 1.165) is 22.6 Å². The lowest BCUT2D eigenvalue weighted by Gasteiger charge is -2.16. The summed E-state index contributed by atoms with van der Waals surface area (Å²) in [5.41, 5.74) is 3.80. The fraction of sp³-hybridized carbons (Fsp3) is 0.357. The predicted octanol–water partition coefficient (Wildman–Crippen LogP) is 3.80. The molecule has 2 rings (SSSR count). The first-order valence-corrected chi connectivity index (χ1v) is 6.30. The van der Waals surface area contributed by atoms with E-state index in [9.17, 15) is 8.78 Å². The van der Waals surface area contributed by atoms with Gasteiger partial charge in [-0.05, 0) is 38.5 Å². The van der Waals surface area contributed by atoms with Crippen LogP contribution in [-0.2, 0) is 0 Å². The molecule has 2 aromatic rings. The summed E-state index contributed by atoms with van der Waals surface area (Å²) in [6.45, 7) is 3.05. The average molecular weight is 281 g/mol. The molecule has 1 unspecified atom stereocenters. The number of hydrogen-bond acceptors (Lipinski definition) is 3. The minimum Gasteiger partial charge on any atom is -0.435 e. The minimum atomic E-state index is -2.80. The Hall–Kier alpha value is -2.11. The molecule has 0 bridgehead atoms. The summed E-state index contributed by atoms with van der Waals surface area (Å²) in [7, 11) is 0. The molecule has 0 aliphatic rings. The quantitative estimate of drug-likeness (QED) is 0.876. The van der Waals surface area contributed by atoms with Crippen LogP contribution in [0.15, 0.2) is 24.3 Å². The number of rotatable bonds is 5. The number of H-pyrrole nitrogens is 1. The van der Waals surface area contributed by atoms with Gasteiger partial charge in [-0.25, -0.2) is 0 Å². The van der Waals surface area contributed by atoms with Gasteiger partial charge in [0, 0.05) is 6.04 Å². The Morgan fingerprint density at radius 3 is 2.35 bits per heavy atom. The Morgan fingerprint density at radius 1 is 1.20 bits per heavy atom. The maximum Gasteiger partial charge on any atom is 0.387 e. The second kappa shape index (κ2) is 5.90. The molecule has 0 saturated carbocycles. The predicted molar refractivity (Wildman–Crippen MR) is 73.2 cm³/mol. The molecular formula is C14H17F2N3O. The van der Waals surface area contributed by atoms with Crippen molar-refractivity contribution in [3.05, 3.63) is 41.2 Å². The number of anilines is 1. The van der Waals surface area contributed by atoms with E-state index in [1.807, 2.05) is 20.8 Å². The molecule has 0 fully saturated rings. The molecule has 108 valence electrons. The second-order valence-electron chi connectivity index (χ2n) is 4.62. The lowest BCUT2D eigenvalue weighted by atomic mass is 10.1. The largest absolute Gasteiger partial charge is 0.435 e. The van der Waals surface area contributed by atoms with Crippen molar-refractivity contribution in [2.75, 3.05) is 5.32 Å². The topological polar surface area (TPSA) is 49.9 Å². The summed E-state index contributed by atoms with van der Waals surface area (Å²) in [5.74, 6) is 0.159. The summed E-state index contributed by atoms with van der Waals surface area (Å²) in [6.07, 6.45) is 0. The van der Waals surface area contributed by atoms with Gasteiger partial charge < -0.3 is 10.1 Å². The van der Waals surface area contributed by atoms with E-state index in [0.29, 0.717) is 0 Å². The van der Waals surface area contributed by atoms with Crippen molar-refractivity contribution in [1.29, 1.82) is 0 Å². The van der Waals surface area contributed by atoms with Gasteiger partial charge in [0.05, 0.1) is 17.1 Å². The van der Waals surface area contributed by atoms with Gasteiger partial charge in [-0.15, -0.1) is 0 Å². The molecule has 2 N–H and O–H groups in total. The first kappa shape index (κ1) is 14.3. The molecular weight excluding hydrogens is 264 g/mol. The van der Waals surface area contributed by atoms with Crippen LogP contribution < -0.4 is 10.1 Å². The zero-order chi connectivity index (χ0) is 14.7. The van der Waals surface area contributed by atoms with E-state index < -0.39 is 6.61 Å². The number of aromatic nitrogens is 2. The monoisotopic (exact) mass is 281 g/mol. The molecule has 0 spiro atoms. The molecule has 4 nitrogen and oxygen atoms in total. The number of aromatic amines is 1. The highest BCUT2D eigenvalue weighted by Crippen LogP contribution is 2.25. The van der Waals surface area contributed by atoms with Gasteiger partial charge >= 0.3 is 6.61 Å². The van der Waals surface area contributed by atoms with Crippen molar-refractivity contribution < 1.29 is 13.5 Å². The van der Waals surface area contributed by atoms with Gasteiger partial charge in [0.1, 0.15) is 5.75 Å². The number of aryl methyl sites for hydroxylation is 2. The van der Waals surface area contributed by atoms with Gasteiger partial charge in [-0.2, -0.15) is 13.9 Å². The van der Waals surface area contributed by atoms with Gasteiger partial charge in [0.2, 0.25) is 0 Å². The van der Waals surface area contributed by atoms with Gasteiger partial charge in [-0.3, -0.25) is 5.10 Å². The third kappa shape index (κ3) is 3.26. The van der Waals surface area contributed by atoms with Crippen LogP contribution in [-0.4, -0.2) is 16.8 Å². The number of halogens is 2. The highest BCUT2D eigenvalue weighted by Gasteiger charge is 2.11. The Balaban J connectivity index is 2.08. The van der Waals surface area contributed by atoms with Crippen LogP contribution in [0, 0.1) is 13.8 Å². The third-order valence-electron chi connectivity index (χ3n) is 3.09. The molecule has 0 radical (unpaired) electrons. The fourth-order valence-electron chi connectivity index (χ4n) is 2.00. The van der Waals surface area contributed by atoms with Gasteiger partial charge in [0.25, 0.3) is 0 Å². The van der Waals surface area contributed by atoms with E-state index >= 15 is 0 Å². The summed E-state index contributed by atoms with van der Waals surface area (Å²) in [5, 5.41) is 10.4. The van der Waals surface area contributed by atoms with Crippen LogP contribution in [0.25, 0.3) is 0 Å². The fourth-order valence-corrected chi connectivity index (χ4v) is 2.00. The van der Waals surface area contributed by atoms with Gasteiger partial charge in [0.15, 0.2) is 0 Å². The van der Waals surface area contributed by atoms with Crippen molar-refractivity contribution in [1.82, 2.24) is 10.2 Å². The molecule has 6 heteroatoms. The molecule has 1 heterocycles. The van der Waals surface area contributed by atoms with Crippen LogP contribution >= 0.6 is 0 Å². The van der Waals surface area contributed by atoms with Crippen molar-refractivity contribution in [2.45, 2.75) is 33.4 Å². The Bertz CT molecular complexity index is 547. The van der Waals surface area contributed by atoms with Crippen LogP contribution in [0.4, 0.5) is 14.5 Å². The zero-order valence-corrected chi connectivity index (χ0v) is 11.6. The first-order valence-electron chi connectivity index (χ1n) is 6.30. The van der Waals surface area contributed by atoms with E-state index in [1.54, 1.807) is 12.1 Å². The Labute approximate surface area is 116 Å². The summed E-state index contributed by atoms with van der Waals surface area (Å²) >= 11 is 0. The van der Waals surface area contributed by atoms with Crippen molar-refractivity contribution in [2.24, 2.45) is 0 Å². The molecule has 1 atom stereocenters. The molecule has 0 aliphatic heterocycles. The summed E-state index contributed by atoms with van der Waals surface area (Å²) in [6, 6.07) is 6.63. The standard InChI is InChI=1S/C14H17F2N3O/c1-8(17-13-9(2)18-19-10(13)3)11-4-6-12(7-5-11)20-14(15)16/h4-8,14,17H,1-3H3,(H,18,19). The van der Waals surface area contributed by atoms with Crippen molar-refractivity contribution in [3.63, 3.8) is 0 Å². The van der Waals surface area contributed by atoms with Crippen molar-refractivity contribution >= 4 is 5.69 Å². The van der Waals surface area contributed by atoms with Gasteiger partial charge in [-0.1, -0.05) is 12.1 Å². The number of alkyl halides is 2. The maximum absolute atomic E-state index is 12.1. The molecule has 0 amide bonds. The molecule has 1 aromatic carbocycles. The SMILES string of the molecule is Cc1n[nH]c(C)c1NC(C)c1ccc(OC(F)F)cc1.